The Morgan fingerprint density at radius 2 is 2.00 bits per heavy atom. The predicted octanol–water partition coefficient (Wildman–Crippen LogP) is 3.81. The summed E-state index contributed by atoms with van der Waals surface area (Å²) in [6, 6.07) is 8.68. The fraction of sp³-hybridized carbons (Fsp3) is 0.632. The fourth-order valence-electron chi connectivity index (χ4n) is 3.98. The first-order valence-corrected chi connectivity index (χ1v) is 9.17. The molecule has 4 heteroatoms. The van der Waals surface area contributed by atoms with Crippen molar-refractivity contribution in [1.29, 1.82) is 0 Å². The van der Waals surface area contributed by atoms with Gasteiger partial charge in [0, 0.05) is 37.1 Å². The van der Waals surface area contributed by atoms with Gasteiger partial charge in [-0.1, -0.05) is 37.6 Å². The van der Waals surface area contributed by atoms with E-state index in [1.165, 1.54) is 18.4 Å². The molecule has 2 atom stereocenters. The van der Waals surface area contributed by atoms with Gasteiger partial charge in [-0.05, 0) is 48.9 Å². The second kappa shape index (κ2) is 7.23. The van der Waals surface area contributed by atoms with Crippen LogP contribution in [0.2, 0.25) is 5.02 Å². The lowest BCUT2D eigenvalue weighted by atomic mass is 9.91. The number of hydrogen-bond acceptors (Lipinski definition) is 2. The summed E-state index contributed by atoms with van der Waals surface area (Å²) in [5.74, 6) is 1.42. The molecule has 0 saturated carbocycles. The molecule has 0 unspecified atom stereocenters. The largest absolute Gasteiger partial charge is 0.341 e. The molecule has 0 aromatic heterocycles. The Morgan fingerprint density at radius 3 is 2.70 bits per heavy atom. The van der Waals surface area contributed by atoms with E-state index in [0.717, 1.165) is 31.2 Å². The van der Waals surface area contributed by atoms with Crippen molar-refractivity contribution in [2.75, 3.05) is 19.6 Å². The summed E-state index contributed by atoms with van der Waals surface area (Å²) in [5, 5.41) is 0.789. The van der Waals surface area contributed by atoms with E-state index in [0.29, 0.717) is 30.2 Å². The molecule has 3 nitrogen and oxygen atoms in total. The molecule has 0 radical (unpaired) electrons. The first-order valence-electron chi connectivity index (χ1n) is 8.79. The van der Waals surface area contributed by atoms with Gasteiger partial charge in [0.1, 0.15) is 0 Å². The molecule has 126 valence electrons. The summed E-state index contributed by atoms with van der Waals surface area (Å²) < 4.78 is 0. The standard InChI is InChI=1S/C19H27ClN2O/c1-14(2)10-19(23)22-12-16-4-3-9-21(18(16)13-22)11-15-5-7-17(20)8-6-15/h5-8,14,16,18H,3-4,9-13H2,1-2H3/t16-,18+/m1/s1. The minimum absolute atomic E-state index is 0.334. The highest BCUT2D eigenvalue weighted by molar-refractivity contribution is 6.30. The molecule has 23 heavy (non-hydrogen) atoms. The van der Waals surface area contributed by atoms with Gasteiger partial charge >= 0.3 is 0 Å². The smallest absolute Gasteiger partial charge is 0.222 e. The Morgan fingerprint density at radius 1 is 1.26 bits per heavy atom. The van der Waals surface area contributed by atoms with E-state index >= 15 is 0 Å². The second-order valence-electron chi connectivity index (χ2n) is 7.46. The van der Waals surface area contributed by atoms with Gasteiger partial charge in [0.05, 0.1) is 0 Å². The van der Waals surface area contributed by atoms with Crippen molar-refractivity contribution in [3.8, 4) is 0 Å². The maximum Gasteiger partial charge on any atom is 0.222 e. The van der Waals surface area contributed by atoms with Crippen LogP contribution in [0, 0.1) is 11.8 Å². The molecular formula is C19H27ClN2O. The lowest BCUT2D eigenvalue weighted by Crippen LogP contribution is -2.44. The summed E-state index contributed by atoms with van der Waals surface area (Å²) in [6.07, 6.45) is 3.17. The van der Waals surface area contributed by atoms with Crippen molar-refractivity contribution in [2.24, 2.45) is 11.8 Å². The van der Waals surface area contributed by atoms with Crippen LogP contribution in [0.4, 0.5) is 0 Å². The lowest BCUT2D eigenvalue weighted by molar-refractivity contribution is -0.131. The minimum Gasteiger partial charge on any atom is -0.341 e. The highest BCUT2D eigenvalue weighted by Crippen LogP contribution is 2.32. The van der Waals surface area contributed by atoms with Crippen LogP contribution in [0.1, 0.15) is 38.7 Å². The van der Waals surface area contributed by atoms with Gasteiger partial charge in [-0.2, -0.15) is 0 Å². The minimum atomic E-state index is 0.334. The number of likely N-dealkylation sites (tertiary alicyclic amines) is 2. The Kier molecular flexibility index (Phi) is 5.27. The summed E-state index contributed by atoms with van der Waals surface area (Å²) in [7, 11) is 0. The third-order valence-corrected chi connectivity index (χ3v) is 5.38. The first-order chi connectivity index (χ1) is 11.0. The van der Waals surface area contributed by atoms with Gasteiger partial charge in [0.2, 0.25) is 5.91 Å². The van der Waals surface area contributed by atoms with Crippen molar-refractivity contribution < 1.29 is 4.79 Å². The van der Waals surface area contributed by atoms with Gasteiger partial charge in [-0.25, -0.2) is 0 Å². The Hall–Kier alpha value is -1.06. The summed E-state index contributed by atoms with van der Waals surface area (Å²) >= 11 is 5.98. The maximum absolute atomic E-state index is 12.4. The van der Waals surface area contributed by atoms with Crippen molar-refractivity contribution in [3.05, 3.63) is 34.9 Å². The Bertz CT molecular complexity index is 543. The zero-order valence-electron chi connectivity index (χ0n) is 14.2. The van der Waals surface area contributed by atoms with E-state index in [9.17, 15) is 4.79 Å². The van der Waals surface area contributed by atoms with E-state index in [4.69, 9.17) is 11.6 Å². The number of piperidine rings is 1. The third kappa shape index (κ3) is 4.07. The van der Waals surface area contributed by atoms with Crippen molar-refractivity contribution >= 4 is 17.5 Å². The Balaban J connectivity index is 1.64. The highest BCUT2D eigenvalue weighted by Gasteiger charge is 2.40. The topological polar surface area (TPSA) is 23.6 Å². The maximum atomic E-state index is 12.4. The average molecular weight is 335 g/mol. The van der Waals surface area contributed by atoms with Gasteiger partial charge in [-0.3, -0.25) is 9.69 Å². The first kappa shape index (κ1) is 16.8. The SMILES string of the molecule is CC(C)CC(=O)N1C[C@H]2CCCN(Cc3ccc(Cl)cc3)[C@H]2C1. The van der Waals surface area contributed by atoms with E-state index in [-0.39, 0.29) is 0 Å². The van der Waals surface area contributed by atoms with Crippen LogP contribution in [0.15, 0.2) is 24.3 Å². The predicted molar refractivity (Wildman–Crippen MR) is 94.4 cm³/mol. The van der Waals surface area contributed by atoms with Crippen LogP contribution in [0.25, 0.3) is 0 Å². The molecule has 0 bridgehead atoms. The number of amides is 1. The number of benzene rings is 1. The molecule has 1 aromatic carbocycles. The number of rotatable bonds is 4. The normalized spacial score (nSPS) is 25.0. The zero-order chi connectivity index (χ0) is 16.4. The molecule has 2 fully saturated rings. The zero-order valence-corrected chi connectivity index (χ0v) is 14.9. The quantitative estimate of drug-likeness (QED) is 0.836. The number of halogens is 1. The van der Waals surface area contributed by atoms with Crippen LogP contribution >= 0.6 is 11.6 Å². The molecule has 0 N–H and O–H groups in total. The summed E-state index contributed by atoms with van der Waals surface area (Å²) in [5.41, 5.74) is 1.31. The van der Waals surface area contributed by atoms with E-state index in [1.54, 1.807) is 0 Å². The number of carbonyl (C=O) groups excluding carboxylic acids is 1. The Labute approximate surface area is 144 Å². The van der Waals surface area contributed by atoms with Gasteiger partial charge in [0.25, 0.3) is 0 Å². The monoisotopic (exact) mass is 334 g/mol. The molecular weight excluding hydrogens is 308 g/mol. The highest BCUT2D eigenvalue weighted by atomic mass is 35.5. The van der Waals surface area contributed by atoms with Gasteiger partial charge < -0.3 is 4.90 Å². The lowest BCUT2D eigenvalue weighted by Gasteiger charge is -2.36. The van der Waals surface area contributed by atoms with E-state index in [1.807, 2.05) is 12.1 Å². The molecule has 2 saturated heterocycles. The number of hydrogen-bond donors (Lipinski definition) is 0. The fourth-order valence-corrected chi connectivity index (χ4v) is 4.10. The van der Waals surface area contributed by atoms with Crippen LogP contribution in [-0.2, 0) is 11.3 Å². The van der Waals surface area contributed by atoms with Gasteiger partial charge in [0.15, 0.2) is 0 Å². The van der Waals surface area contributed by atoms with Crippen LogP contribution in [0.5, 0.6) is 0 Å². The number of nitrogens with zero attached hydrogens (tertiary/aromatic N) is 2. The molecule has 1 aromatic rings. The van der Waals surface area contributed by atoms with Crippen molar-refractivity contribution in [1.82, 2.24) is 9.80 Å². The molecule has 2 heterocycles. The molecule has 0 spiro atoms. The molecule has 3 rings (SSSR count). The molecule has 2 aliphatic heterocycles. The van der Waals surface area contributed by atoms with Crippen LogP contribution in [-0.4, -0.2) is 41.4 Å². The van der Waals surface area contributed by atoms with Crippen molar-refractivity contribution in [2.45, 2.75) is 45.7 Å². The third-order valence-electron chi connectivity index (χ3n) is 5.13. The van der Waals surface area contributed by atoms with Gasteiger partial charge in [-0.15, -0.1) is 0 Å². The average Bonchev–Trinajstić information content (AvgIpc) is 2.94. The van der Waals surface area contributed by atoms with E-state index < -0.39 is 0 Å². The number of carbonyl (C=O) groups is 1. The molecule has 2 aliphatic rings. The van der Waals surface area contributed by atoms with Crippen LogP contribution < -0.4 is 0 Å². The number of fused-ring (bicyclic) bond motifs is 1. The summed E-state index contributed by atoms with van der Waals surface area (Å²) in [6.45, 7) is 8.19. The van der Waals surface area contributed by atoms with E-state index in [2.05, 4.69) is 35.8 Å². The summed E-state index contributed by atoms with van der Waals surface area (Å²) in [4.78, 5) is 17.1. The molecule has 0 aliphatic carbocycles. The van der Waals surface area contributed by atoms with Crippen molar-refractivity contribution in [3.63, 3.8) is 0 Å². The molecule has 1 amide bonds. The second-order valence-corrected chi connectivity index (χ2v) is 7.90. The van der Waals surface area contributed by atoms with Crippen LogP contribution in [0.3, 0.4) is 0 Å².